The number of carbonyl (C=O) groups is 1. The molecule has 1 aromatic carbocycles. The van der Waals surface area contributed by atoms with Gasteiger partial charge in [0.05, 0.1) is 17.8 Å². The summed E-state index contributed by atoms with van der Waals surface area (Å²) >= 11 is 1.29. The Bertz CT molecular complexity index is 700. The number of nitrogens with zero attached hydrogens (tertiary/aromatic N) is 2. The van der Waals surface area contributed by atoms with Crippen molar-refractivity contribution in [2.45, 2.75) is 31.8 Å². The zero-order valence-electron chi connectivity index (χ0n) is 12.3. The Morgan fingerprint density at radius 3 is 2.78 bits per heavy atom. The second kappa shape index (κ2) is 6.72. The van der Waals surface area contributed by atoms with Crippen molar-refractivity contribution in [3.63, 3.8) is 0 Å². The van der Waals surface area contributed by atoms with Crippen LogP contribution < -0.4 is 0 Å². The van der Waals surface area contributed by atoms with Gasteiger partial charge in [-0.2, -0.15) is 0 Å². The Kier molecular flexibility index (Phi) is 4.68. The summed E-state index contributed by atoms with van der Waals surface area (Å²) in [6.07, 6.45) is 2.47. The van der Waals surface area contributed by atoms with E-state index in [0.29, 0.717) is 24.5 Å². The first-order chi connectivity index (χ1) is 11.1. The van der Waals surface area contributed by atoms with Gasteiger partial charge in [-0.15, -0.1) is 11.3 Å². The number of benzene rings is 1. The Hall–Kier alpha value is -1.86. The fourth-order valence-electron chi connectivity index (χ4n) is 2.87. The van der Waals surface area contributed by atoms with Crippen LogP contribution in [0.5, 0.6) is 0 Å². The predicted molar refractivity (Wildman–Crippen MR) is 83.2 cm³/mol. The molecule has 3 rings (SSSR count). The van der Waals surface area contributed by atoms with Crippen LogP contribution in [0.1, 0.15) is 24.3 Å². The average Bonchev–Trinajstić information content (AvgIpc) is 2.95. The summed E-state index contributed by atoms with van der Waals surface area (Å²) in [5, 5.41) is 11.6. The number of halogens is 2. The molecule has 1 saturated heterocycles. The molecular formula is C16H16F2N2O2S. The van der Waals surface area contributed by atoms with Crippen molar-refractivity contribution < 1.29 is 18.7 Å². The standard InChI is InChI=1S/C16H16F2N2O2S/c17-10-4-3-5-11(18)15(10)12-9-23-14(19-12)8-20-7-2-1-6-13(20)16(21)22/h3-5,9,13H,1-2,6-8H2,(H,21,22). The lowest BCUT2D eigenvalue weighted by atomic mass is 10.0. The molecule has 4 nitrogen and oxygen atoms in total. The van der Waals surface area contributed by atoms with Gasteiger partial charge in [0.15, 0.2) is 0 Å². The highest BCUT2D eigenvalue weighted by Crippen LogP contribution is 2.28. The number of likely N-dealkylation sites (tertiary alicyclic amines) is 1. The van der Waals surface area contributed by atoms with Gasteiger partial charge in [0.1, 0.15) is 22.7 Å². The van der Waals surface area contributed by atoms with E-state index in [9.17, 15) is 18.7 Å². The summed E-state index contributed by atoms with van der Waals surface area (Å²) in [7, 11) is 0. The molecular weight excluding hydrogens is 322 g/mol. The van der Waals surface area contributed by atoms with Crippen LogP contribution >= 0.6 is 11.3 Å². The molecule has 0 aliphatic carbocycles. The lowest BCUT2D eigenvalue weighted by Crippen LogP contribution is -2.43. The highest BCUT2D eigenvalue weighted by molar-refractivity contribution is 7.09. The summed E-state index contributed by atoms with van der Waals surface area (Å²) in [6, 6.07) is 3.19. The van der Waals surface area contributed by atoms with Crippen LogP contribution in [0.25, 0.3) is 11.3 Å². The molecule has 1 aliphatic rings. The summed E-state index contributed by atoms with van der Waals surface area (Å²) in [6.45, 7) is 1.08. The third-order valence-corrected chi connectivity index (χ3v) is 4.84. The fourth-order valence-corrected chi connectivity index (χ4v) is 3.68. The maximum atomic E-state index is 13.8. The molecule has 7 heteroatoms. The molecule has 0 spiro atoms. The molecule has 2 heterocycles. The molecule has 1 unspecified atom stereocenters. The number of hydrogen-bond donors (Lipinski definition) is 1. The number of aliphatic carboxylic acids is 1. The number of aromatic nitrogens is 1. The lowest BCUT2D eigenvalue weighted by Gasteiger charge is -2.31. The first-order valence-electron chi connectivity index (χ1n) is 7.42. The molecule has 0 saturated carbocycles. The van der Waals surface area contributed by atoms with Crippen molar-refractivity contribution in [1.82, 2.24) is 9.88 Å². The van der Waals surface area contributed by atoms with E-state index in [1.807, 2.05) is 4.90 Å². The number of carboxylic acid groups (broad SMARTS) is 1. The van der Waals surface area contributed by atoms with Gasteiger partial charge in [-0.3, -0.25) is 9.69 Å². The van der Waals surface area contributed by atoms with E-state index in [2.05, 4.69) is 4.98 Å². The van der Waals surface area contributed by atoms with Crippen LogP contribution in [0.4, 0.5) is 8.78 Å². The van der Waals surface area contributed by atoms with Crippen molar-refractivity contribution in [2.24, 2.45) is 0 Å². The van der Waals surface area contributed by atoms with Crippen LogP contribution in [0.3, 0.4) is 0 Å². The number of carboxylic acids is 1. The number of hydrogen-bond acceptors (Lipinski definition) is 4. The largest absolute Gasteiger partial charge is 0.480 e. The fraction of sp³-hybridized carbons (Fsp3) is 0.375. The highest BCUT2D eigenvalue weighted by Gasteiger charge is 2.29. The minimum absolute atomic E-state index is 0.136. The molecule has 1 N–H and O–H groups in total. The van der Waals surface area contributed by atoms with Crippen LogP contribution in [-0.4, -0.2) is 33.5 Å². The van der Waals surface area contributed by atoms with E-state index in [0.717, 1.165) is 12.8 Å². The second-order valence-corrected chi connectivity index (χ2v) is 6.49. The van der Waals surface area contributed by atoms with Crippen molar-refractivity contribution in [2.75, 3.05) is 6.54 Å². The molecule has 1 aromatic heterocycles. The molecule has 0 bridgehead atoms. The number of rotatable bonds is 4. The SMILES string of the molecule is O=C(O)C1CCCCN1Cc1nc(-c2c(F)cccc2F)cs1. The van der Waals surface area contributed by atoms with Gasteiger partial charge in [0, 0.05) is 5.38 Å². The van der Waals surface area contributed by atoms with E-state index in [1.165, 1.54) is 29.5 Å². The van der Waals surface area contributed by atoms with Gasteiger partial charge < -0.3 is 5.11 Å². The number of thiazole rings is 1. The van der Waals surface area contributed by atoms with Gasteiger partial charge >= 0.3 is 5.97 Å². The second-order valence-electron chi connectivity index (χ2n) is 5.54. The Balaban J connectivity index is 1.81. The molecule has 23 heavy (non-hydrogen) atoms. The van der Waals surface area contributed by atoms with Crippen LogP contribution in [0.15, 0.2) is 23.6 Å². The quantitative estimate of drug-likeness (QED) is 0.927. The van der Waals surface area contributed by atoms with E-state index >= 15 is 0 Å². The van der Waals surface area contributed by atoms with Crippen LogP contribution in [0, 0.1) is 11.6 Å². The maximum Gasteiger partial charge on any atom is 0.320 e. The van der Waals surface area contributed by atoms with Crippen molar-refractivity contribution >= 4 is 17.3 Å². The predicted octanol–water partition coefficient (Wildman–Crippen LogP) is 3.53. The molecule has 1 atom stereocenters. The minimum atomic E-state index is -0.832. The third kappa shape index (κ3) is 3.40. The maximum absolute atomic E-state index is 13.8. The summed E-state index contributed by atoms with van der Waals surface area (Å²) in [5.41, 5.74) is 0.118. The van der Waals surface area contributed by atoms with Gasteiger partial charge in [-0.25, -0.2) is 13.8 Å². The number of piperidine rings is 1. The van der Waals surface area contributed by atoms with Crippen LogP contribution in [-0.2, 0) is 11.3 Å². The zero-order chi connectivity index (χ0) is 16.4. The van der Waals surface area contributed by atoms with E-state index in [1.54, 1.807) is 5.38 Å². The molecule has 0 radical (unpaired) electrons. The Labute approximate surface area is 136 Å². The zero-order valence-corrected chi connectivity index (χ0v) is 13.2. The van der Waals surface area contributed by atoms with Gasteiger partial charge in [0.25, 0.3) is 0 Å². The molecule has 1 fully saturated rings. The summed E-state index contributed by atoms with van der Waals surface area (Å²) < 4.78 is 27.6. The summed E-state index contributed by atoms with van der Waals surface area (Å²) in [5.74, 6) is -2.13. The average molecular weight is 338 g/mol. The molecule has 1 aliphatic heterocycles. The topological polar surface area (TPSA) is 53.4 Å². The highest BCUT2D eigenvalue weighted by atomic mass is 32.1. The minimum Gasteiger partial charge on any atom is -0.480 e. The van der Waals surface area contributed by atoms with Gasteiger partial charge in [0.2, 0.25) is 0 Å². The smallest absolute Gasteiger partial charge is 0.320 e. The van der Waals surface area contributed by atoms with Crippen molar-refractivity contribution in [3.8, 4) is 11.3 Å². The monoisotopic (exact) mass is 338 g/mol. The van der Waals surface area contributed by atoms with Gasteiger partial charge in [-0.1, -0.05) is 12.5 Å². The molecule has 2 aromatic rings. The van der Waals surface area contributed by atoms with E-state index in [-0.39, 0.29) is 11.3 Å². The van der Waals surface area contributed by atoms with Gasteiger partial charge in [-0.05, 0) is 31.5 Å². The molecule has 122 valence electrons. The first kappa shape index (κ1) is 16.0. The van der Waals surface area contributed by atoms with Crippen molar-refractivity contribution in [3.05, 3.63) is 40.2 Å². The summed E-state index contributed by atoms with van der Waals surface area (Å²) in [4.78, 5) is 17.5. The third-order valence-electron chi connectivity index (χ3n) is 4.01. The lowest BCUT2D eigenvalue weighted by molar-refractivity contribution is -0.144. The first-order valence-corrected chi connectivity index (χ1v) is 8.30. The van der Waals surface area contributed by atoms with E-state index in [4.69, 9.17) is 0 Å². The Morgan fingerprint density at radius 2 is 2.09 bits per heavy atom. The van der Waals surface area contributed by atoms with E-state index < -0.39 is 23.6 Å². The normalized spacial score (nSPS) is 19.0. The van der Waals surface area contributed by atoms with Crippen molar-refractivity contribution in [1.29, 1.82) is 0 Å². The Morgan fingerprint density at radius 1 is 1.35 bits per heavy atom. The molecule has 0 amide bonds. The van der Waals surface area contributed by atoms with Crippen LogP contribution in [0.2, 0.25) is 0 Å².